The Kier molecular flexibility index (Phi) is 4.06. The Morgan fingerprint density at radius 3 is 2.21 bits per heavy atom. The normalized spacial score (nSPS) is 12.1. The number of hydrogen-bond acceptors (Lipinski definition) is 2. The summed E-state index contributed by atoms with van der Waals surface area (Å²) in [6.45, 7) is 0. The monoisotopic (exact) mass is 365 g/mol. The number of nitrogens with one attached hydrogen (secondary N) is 1. The molecule has 1 aliphatic carbocycles. The molecule has 0 fully saturated rings. The third-order valence-corrected chi connectivity index (χ3v) is 5.22. The molecule has 5 rings (SSSR count). The number of amides is 1. The second-order valence-electron chi connectivity index (χ2n) is 7.01. The molecule has 1 aliphatic rings. The zero-order valence-corrected chi connectivity index (χ0v) is 15.3. The molecule has 0 radical (unpaired) electrons. The standard InChI is InChI=1S/C25H19NO2/c27-25(19-11-14-21(15-12-19)28-20-6-2-1-3-7-20)26-23-16-13-18-10-9-17-5-4-8-22(23)24(17)18/h1-8,11-16H,9-10H2,(H,26,27). The molecule has 1 amide bonds. The number of aryl methyl sites for hydroxylation is 2. The Morgan fingerprint density at radius 1 is 0.714 bits per heavy atom. The van der Waals surface area contributed by atoms with Crippen LogP contribution in [0, 0.1) is 0 Å². The van der Waals surface area contributed by atoms with Crippen LogP contribution >= 0.6 is 0 Å². The maximum absolute atomic E-state index is 12.8. The molecule has 1 N–H and O–H groups in total. The van der Waals surface area contributed by atoms with Gasteiger partial charge in [-0.3, -0.25) is 4.79 Å². The molecule has 136 valence electrons. The van der Waals surface area contributed by atoms with Crippen molar-refractivity contribution in [3.8, 4) is 11.5 Å². The number of rotatable bonds is 4. The summed E-state index contributed by atoms with van der Waals surface area (Å²) >= 11 is 0. The van der Waals surface area contributed by atoms with Crippen molar-refractivity contribution in [2.24, 2.45) is 0 Å². The van der Waals surface area contributed by atoms with Crippen LogP contribution in [0.5, 0.6) is 11.5 Å². The predicted molar refractivity (Wildman–Crippen MR) is 112 cm³/mol. The number of carbonyl (C=O) groups is 1. The Labute approximate surface area is 163 Å². The number of ether oxygens (including phenoxy) is 1. The summed E-state index contributed by atoms with van der Waals surface area (Å²) in [5, 5.41) is 5.49. The van der Waals surface area contributed by atoms with Gasteiger partial charge in [0.05, 0.1) is 0 Å². The van der Waals surface area contributed by atoms with Gasteiger partial charge < -0.3 is 10.1 Å². The molecule has 4 aromatic rings. The summed E-state index contributed by atoms with van der Waals surface area (Å²) in [7, 11) is 0. The number of para-hydroxylation sites is 1. The maximum atomic E-state index is 12.8. The van der Waals surface area contributed by atoms with Crippen LogP contribution in [0.15, 0.2) is 84.9 Å². The van der Waals surface area contributed by atoms with Crippen LogP contribution in [0.4, 0.5) is 5.69 Å². The maximum Gasteiger partial charge on any atom is 0.255 e. The van der Waals surface area contributed by atoms with Crippen LogP contribution in [-0.2, 0) is 12.8 Å². The molecule has 0 atom stereocenters. The summed E-state index contributed by atoms with van der Waals surface area (Å²) in [5.74, 6) is 1.35. The third kappa shape index (κ3) is 3.01. The minimum atomic E-state index is -0.120. The first kappa shape index (κ1) is 16.6. The van der Waals surface area contributed by atoms with E-state index in [0.29, 0.717) is 11.3 Å². The summed E-state index contributed by atoms with van der Waals surface area (Å²) in [4.78, 5) is 12.8. The van der Waals surface area contributed by atoms with Gasteiger partial charge in [0.2, 0.25) is 0 Å². The van der Waals surface area contributed by atoms with Gasteiger partial charge in [-0.15, -0.1) is 0 Å². The lowest BCUT2D eigenvalue weighted by Gasteiger charge is -2.11. The summed E-state index contributed by atoms with van der Waals surface area (Å²) in [5.41, 5.74) is 4.19. The Bertz CT molecular complexity index is 1150. The summed E-state index contributed by atoms with van der Waals surface area (Å²) in [6.07, 6.45) is 2.15. The van der Waals surface area contributed by atoms with Crippen molar-refractivity contribution in [2.75, 3.05) is 5.32 Å². The zero-order valence-electron chi connectivity index (χ0n) is 15.3. The van der Waals surface area contributed by atoms with Crippen molar-refractivity contribution in [2.45, 2.75) is 12.8 Å². The van der Waals surface area contributed by atoms with Crippen LogP contribution in [0.1, 0.15) is 21.5 Å². The Balaban J connectivity index is 1.37. The Hall–Kier alpha value is -3.59. The van der Waals surface area contributed by atoms with Crippen molar-refractivity contribution in [1.29, 1.82) is 0 Å². The fourth-order valence-electron chi connectivity index (χ4n) is 3.85. The van der Waals surface area contributed by atoms with Gasteiger partial charge in [-0.05, 0) is 71.8 Å². The second-order valence-corrected chi connectivity index (χ2v) is 7.01. The minimum Gasteiger partial charge on any atom is -0.457 e. The molecule has 0 bridgehead atoms. The summed E-state index contributed by atoms with van der Waals surface area (Å²) in [6, 6.07) is 27.3. The van der Waals surface area contributed by atoms with Crippen LogP contribution < -0.4 is 10.1 Å². The van der Waals surface area contributed by atoms with E-state index in [-0.39, 0.29) is 5.91 Å². The SMILES string of the molecule is O=C(Nc1ccc2c3c(cccc13)CC2)c1ccc(Oc2ccccc2)cc1. The van der Waals surface area contributed by atoms with Crippen LogP contribution in [0.3, 0.4) is 0 Å². The topological polar surface area (TPSA) is 38.3 Å². The van der Waals surface area contributed by atoms with Gasteiger partial charge in [0.25, 0.3) is 5.91 Å². The molecule has 0 heterocycles. The number of anilines is 1. The van der Waals surface area contributed by atoms with E-state index in [1.807, 2.05) is 48.5 Å². The molecule has 0 spiro atoms. The molecule has 0 saturated carbocycles. The van der Waals surface area contributed by atoms with Crippen molar-refractivity contribution in [3.05, 3.63) is 102 Å². The average molecular weight is 365 g/mol. The molecular weight excluding hydrogens is 346 g/mol. The van der Waals surface area contributed by atoms with Gasteiger partial charge in [-0.2, -0.15) is 0 Å². The molecule has 3 nitrogen and oxygen atoms in total. The lowest BCUT2D eigenvalue weighted by atomic mass is 10.0. The van der Waals surface area contributed by atoms with Gasteiger partial charge in [0.15, 0.2) is 0 Å². The number of hydrogen-bond donors (Lipinski definition) is 1. The van der Waals surface area contributed by atoms with E-state index in [1.165, 1.54) is 16.5 Å². The summed E-state index contributed by atoms with van der Waals surface area (Å²) < 4.78 is 5.79. The molecule has 4 aromatic carbocycles. The molecule has 0 aromatic heterocycles. The van der Waals surface area contributed by atoms with Crippen molar-refractivity contribution in [3.63, 3.8) is 0 Å². The van der Waals surface area contributed by atoms with Crippen LogP contribution in [-0.4, -0.2) is 5.91 Å². The highest BCUT2D eigenvalue weighted by atomic mass is 16.5. The molecular formula is C25H19NO2. The molecule has 3 heteroatoms. The van der Waals surface area contributed by atoms with E-state index in [4.69, 9.17) is 4.74 Å². The quantitative estimate of drug-likeness (QED) is 0.483. The number of benzene rings is 4. The molecule has 28 heavy (non-hydrogen) atoms. The lowest BCUT2D eigenvalue weighted by molar-refractivity contribution is 0.102. The highest BCUT2D eigenvalue weighted by molar-refractivity contribution is 6.10. The largest absolute Gasteiger partial charge is 0.457 e. The fraction of sp³-hybridized carbons (Fsp3) is 0.0800. The van der Waals surface area contributed by atoms with Crippen LogP contribution in [0.25, 0.3) is 10.8 Å². The number of carbonyl (C=O) groups excluding carboxylic acids is 1. The highest BCUT2D eigenvalue weighted by Gasteiger charge is 2.17. The first-order chi connectivity index (χ1) is 13.8. The van der Waals surface area contributed by atoms with Crippen molar-refractivity contribution < 1.29 is 9.53 Å². The Morgan fingerprint density at radius 2 is 1.43 bits per heavy atom. The lowest BCUT2D eigenvalue weighted by Crippen LogP contribution is -2.12. The molecule has 0 aliphatic heterocycles. The van der Waals surface area contributed by atoms with Gasteiger partial charge in [0, 0.05) is 16.6 Å². The molecule has 0 unspecified atom stereocenters. The van der Waals surface area contributed by atoms with Gasteiger partial charge in [-0.1, -0.05) is 42.5 Å². The first-order valence-corrected chi connectivity index (χ1v) is 9.46. The predicted octanol–water partition coefficient (Wildman–Crippen LogP) is 5.98. The smallest absolute Gasteiger partial charge is 0.255 e. The second kappa shape index (κ2) is 6.86. The first-order valence-electron chi connectivity index (χ1n) is 9.46. The molecule has 0 saturated heterocycles. The van der Waals surface area contributed by atoms with E-state index in [1.54, 1.807) is 12.1 Å². The van der Waals surface area contributed by atoms with Gasteiger partial charge in [0.1, 0.15) is 11.5 Å². The average Bonchev–Trinajstić information content (AvgIpc) is 3.16. The van der Waals surface area contributed by atoms with E-state index in [0.717, 1.165) is 29.7 Å². The van der Waals surface area contributed by atoms with E-state index < -0.39 is 0 Å². The third-order valence-electron chi connectivity index (χ3n) is 5.22. The highest BCUT2D eigenvalue weighted by Crippen LogP contribution is 2.35. The van der Waals surface area contributed by atoms with Gasteiger partial charge in [-0.25, -0.2) is 0 Å². The van der Waals surface area contributed by atoms with Gasteiger partial charge >= 0.3 is 0 Å². The fourth-order valence-corrected chi connectivity index (χ4v) is 3.85. The minimum absolute atomic E-state index is 0.120. The van der Waals surface area contributed by atoms with Crippen LogP contribution in [0.2, 0.25) is 0 Å². The van der Waals surface area contributed by atoms with Crippen molar-refractivity contribution >= 4 is 22.4 Å². The zero-order chi connectivity index (χ0) is 18.9. The van der Waals surface area contributed by atoms with E-state index in [9.17, 15) is 4.79 Å². The van der Waals surface area contributed by atoms with E-state index >= 15 is 0 Å². The van der Waals surface area contributed by atoms with Crippen molar-refractivity contribution in [1.82, 2.24) is 0 Å². The van der Waals surface area contributed by atoms with E-state index in [2.05, 4.69) is 29.6 Å².